The van der Waals surface area contributed by atoms with Gasteiger partial charge in [-0.1, -0.05) is 12.1 Å². The van der Waals surface area contributed by atoms with E-state index in [2.05, 4.69) is 33.6 Å². The minimum atomic E-state index is -0.376. The van der Waals surface area contributed by atoms with Gasteiger partial charge >= 0.3 is 5.97 Å². The number of fused-ring (bicyclic) bond motifs is 1. The molecule has 7 heteroatoms. The molecule has 3 heterocycles. The fraction of sp³-hybridized carbons (Fsp3) is 0.462. The molecule has 3 aromatic rings. The first-order valence-electron chi connectivity index (χ1n) is 11.7. The van der Waals surface area contributed by atoms with E-state index in [1.165, 1.54) is 18.1 Å². The molecule has 0 N–H and O–H groups in total. The first-order valence-corrected chi connectivity index (χ1v) is 11.7. The molecule has 4 rings (SSSR count). The van der Waals surface area contributed by atoms with Crippen LogP contribution in [0.1, 0.15) is 54.8 Å². The highest BCUT2D eigenvalue weighted by molar-refractivity contribution is 5.92. The Kier molecular flexibility index (Phi) is 7.62. The first-order chi connectivity index (χ1) is 16.1. The van der Waals surface area contributed by atoms with Gasteiger partial charge < -0.3 is 18.8 Å². The lowest BCUT2D eigenvalue weighted by Gasteiger charge is -2.31. The fourth-order valence-electron chi connectivity index (χ4n) is 4.66. The lowest BCUT2D eigenvalue weighted by Crippen LogP contribution is -2.35. The van der Waals surface area contributed by atoms with E-state index in [0.717, 1.165) is 38.1 Å². The number of aromatic nitrogens is 2. The van der Waals surface area contributed by atoms with Gasteiger partial charge in [-0.3, -0.25) is 4.90 Å². The Bertz CT molecular complexity index is 1070. The number of methoxy groups -OCH3 is 1. The Labute approximate surface area is 195 Å². The second-order valence-corrected chi connectivity index (χ2v) is 8.37. The summed E-state index contributed by atoms with van der Waals surface area (Å²) in [7, 11) is 1.38. The van der Waals surface area contributed by atoms with Gasteiger partial charge in [-0.2, -0.15) is 0 Å². The van der Waals surface area contributed by atoms with E-state index >= 15 is 0 Å². The fourth-order valence-corrected chi connectivity index (χ4v) is 4.66. The van der Waals surface area contributed by atoms with Gasteiger partial charge in [-0.15, -0.1) is 0 Å². The summed E-state index contributed by atoms with van der Waals surface area (Å²) in [6, 6.07) is 11.4. The van der Waals surface area contributed by atoms with Gasteiger partial charge in [-0.05, 0) is 75.5 Å². The van der Waals surface area contributed by atoms with Crippen molar-refractivity contribution >= 4 is 17.0 Å². The number of hydrogen-bond acceptors (Lipinski definition) is 6. The molecule has 1 aromatic carbocycles. The van der Waals surface area contributed by atoms with Crippen molar-refractivity contribution in [1.29, 1.82) is 0 Å². The van der Waals surface area contributed by atoms with Crippen LogP contribution >= 0.6 is 0 Å². The smallest absolute Gasteiger partial charge is 0.341 e. The number of carbonyl (C=O) groups excluding carboxylic acids is 1. The quantitative estimate of drug-likeness (QED) is 0.442. The van der Waals surface area contributed by atoms with E-state index in [-0.39, 0.29) is 12.2 Å². The third kappa shape index (κ3) is 5.20. The number of rotatable bonds is 9. The Morgan fingerprint density at radius 3 is 2.73 bits per heavy atom. The molecule has 7 nitrogen and oxygen atoms in total. The monoisotopic (exact) mass is 451 g/mol. The third-order valence-corrected chi connectivity index (χ3v) is 6.40. The molecule has 0 aliphatic carbocycles. The van der Waals surface area contributed by atoms with Crippen LogP contribution < -0.4 is 4.74 Å². The highest BCUT2D eigenvalue weighted by Crippen LogP contribution is 2.35. The minimum absolute atomic E-state index is 0.0359. The lowest BCUT2D eigenvalue weighted by atomic mass is 9.89. The number of pyridine rings is 1. The van der Waals surface area contributed by atoms with Crippen LogP contribution in [0.15, 0.2) is 48.8 Å². The van der Waals surface area contributed by atoms with Crippen LogP contribution in [0.4, 0.5) is 0 Å². The second kappa shape index (κ2) is 10.8. The van der Waals surface area contributed by atoms with Crippen LogP contribution in [-0.2, 0) is 9.47 Å². The van der Waals surface area contributed by atoms with Gasteiger partial charge in [-0.25, -0.2) is 9.78 Å². The van der Waals surface area contributed by atoms with Crippen LogP contribution in [-0.4, -0.2) is 60.4 Å². The molecule has 1 saturated heterocycles. The van der Waals surface area contributed by atoms with Gasteiger partial charge in [0.25, 0.3) is 0 Å². The van der Waals surface area contributed by atoms with E-state index in [9.17, 15) is 4.79 Å². The van der Waals surface area contributed by atoms with Crippen molar-refractivity contribution in [3.8, 4) is 5.75 Å². The number of para-hydroxylation sites is 1. The van der Waals surface area contributed by atoms with Crippen molar-refractivity contribution in [3.05, 3.63) is 59.9 Å². The first kappa shape index (κ1) is 23.3. The van der Waals surface area contributed by atoms with Crippen molar-refractivity contribution in [2.75, 3.05) is 40.0 Å². The second-order valence-electron chi connectivity index (χ2n) is 8.37. The summed E-state index contributed by atoms with van der Waals surface area (Å²) < 4.78 is 18.8. The summed E-state index contributed by atoms with van der Waals surface area (Å²) in [5.74, 6) is 0.700. The largest absolute Gasteiger partial charge is 0.491 e. The predicted molar refractivity (Wildman–Crippen MR) is 128 cm³/mol. The van der Waals surface area contributed by atoms with Gasteiger partial charge in [0.1, 0.15) is 29.8 Å². The van der Waals surface area contributed by atoms with Crippen molar-refractivity contribution < 1.29 is 19.0 Å². The summed E-state index contributed by atoms with van der Waals surface area (Å²) in [5.41, 5.74) is 2.83. The van der Waals surface area contributed by atoms with Crippen molar-refractivity contribution in [2.45, 2.75) is 38.8 Å². The number of piperidine rings is 1. The van der Waals surface area contributed by atoms with Crippen molar-refractivity contribution in [3.63, 3.8) is 0 Å². The van der Waals surface area contributed by atoms with Gasteiger partial charge in [0, 0.05) is 30.9 Å². The standard InChI is InChI=1S/C26H33N3O4/c1-4-32-19(2)29-18-23(21-9-7-13-27-25(21)29)20-11-14-28(15-12-20)16-17-33-24-10-6-5-8-22(24)26(30)31-3/h5-10,13,18-20H,4,11-12,14-17H2,1-3H3. The normalized spacial score (nSPS) is 16.1. The number of likely N-dealkylation sites (tertiary alicyclic amines) is 1. The summed E-state index contributed by atoms with van der Waals surface area (Å²) in [4.78, 5) is 19.0. The average molecular weight is 452 g/mol. The zero-order valence-corrected chi connectivity index (χ0v) is 19.7. The van der Waals surface area contributed by atoms with Crippen LogP contribution in [0.5, 0.6) is 5.75 Å². The van der Waals surface area contributed by atoms with E-state index in [1.54, 1.807) is 6.07 Å². The summed E-state index contributed by atoms with van der Waals surface area (Å²) in [6.07, 6.45) is 6.24. The SMILES string of the molecule is CCOC(C)n1cc(C2CCN(CCOc3ccccc3C(=O)OC)CC2)c2cccnc21. The summed E-state index contributed by atoms with van der Waals surface area (Å²) in [5, 5.41) is 1.23. The van der Waals surface area contributed by atoms with Crippen molar-refractivity contribution in [1.82, 2.24) is 14.5 Å². The van der Waals surface area contributed by atoms with Gasteiger partial charge in [0.2, 0.25) is 0 Å². The Morgan fingerprint density at radius 2 is 1.97 bits per heavy atom. The van der Waals surface area contributed by atoms with Gasteiger partial charge in [0.15, 0.2) is 0 Å². The molecular weight excluding hydrogens is 418 g/mol. The zero-order valence-electron chi connectivity index (χ0n) is 19.7. The van der Waals surface area contributed by atoms with E-state index in [0.29, 0.717) is 30.4 Å². The molecule has 176 valence electrons. The molecule has 33 heavy (non-hydrogen) atoms. The topological polar surface area (TPSA) is 65.8 Å². The molecule has 0 spiro atoms. The molecule has 0 amide bonds. The molecule has 0 radical (unpaired) electrons. The van der Waals surface area contributed by atoms with E-state index in [1.807, 2.05) is 37.4 Å². The molecule has 1 aliphatic rings. The van der Waals surface area contributed by atoms with Crippen LogP contribution in [0.25, 0.3) is 11.0 Å². The maximum Gasteiger partial charge on any atom is 0.341 e. The number of esters is 1. The molecule has 0 bridgehead atoms. The zero-order chi connectivity index (χ0) is 23.2. The summed E-state index contributed by atoms with van der Waals surface area (Å²) in [6.45, 7) is 8.15. The minimum Gasteiger partial charge on any atom is -0.491 e. The number of ether oxygens (including phenoxy) is 3. The summed E-state index contributed by atoms with van der Waals surface area (Å²) >= 11 is 0. The van der Waals surface area contributed by atoms with Crippen LogP contribution in [0.2, 0.25) is 0 Å². The highest BCUT2D eigenvalue weighted by atomic mass is 16.5. The number of benzene rings is 1. The Hall–Kier alpha value is -2.90. The molecule has 1 aliphatic heterocycles. The van der Waals surface area contributed by atoms with E-state index < -0.39 is 0 Å². The number of carbonyl (C=O) groups is 1. The molecule has 1 unspecified atom stereocenters. The molecule has 1 fully saturated rings. The van der Waals surface area contributed by atoms with Crippen LogP contribution in [0, 0.1) is 0 Å². The molecular formula is C26H33N3O4. The van der Waals surface area contributed by atoms with E-state index in [4.69, 9.17) is 14.2 Å². The number of hydrogen-bond donors (Lipinski definition) is 0. The van der Waals surface area contributed by atoms with Gasteiger partial charge in [0.05, 0.1) is 7.11 Å². The third-order valence-electron chi connectivity index (χ3n) is 6.40. The van der Waals surface area contributed by atoms with Crippen LogP contribution in [0.3, 0.4) is 0 Å². The highest BCUT2D eigenvalue weighted by Gasteiger charge is 2.25. The lowest BCUT2D eigenvalue weighted by molar-refractivity contribution is 0.0275. The number of nitrogens with zero attached hydrogens (tertiary/aromatic N) is 3. The molecule has 0 saturated carbocycles. The Morgan fingerprint density at radius 1 is 1.18 bits per heavy atom. The molecule has 1 atom stereocenters. The molecule has 2 aromatic heterocycles. The average Bonchev–Trinajstić information content (AvgIpc) is 3.24. The predicted octanol–water partition coefficient (Wildman–Crippen LogP) is 4.64. The maximum atomic E-state index is 11.9. The Balaban J connectivity index is 1.35. The van der Waals surface area contributed by atoms with Crippen molar-refractivity contribution in [2.24, 2.45) is 0 Å². The maximum absolute atomic E-state index is 11.9.